The first-order chi connectivity index (χ1) is 14.4. The topological polar surface area (TPSA) is 115 Å². The van der Waals surface area contributed by atoms with Gasteiger partial charge >= 0.3 is 0 Å². The van der Waals surface area contributed by atoms with Crippen LogP contribution in [0.2, 0.25) is 0 Å². The van der Waals surface area contributed by atoms with E-state index in [0.29, 0.717) is 11.4 Å². The van der Waals surface area contributed by atoms with E-state index in [1.165, 1.54) is 0 Å². The van der Waals surface area contributed by atoms with Crippen LogP contribution in [0.25, 0.3) is 11.3 Å². The van der Waals surface area contributed by atoms with E-state index in [1.54, 1.807) is 18.3 Å². The fourth-order valence-corrected chi connectivity index (χ4v) is 3.67. The zero-order valence-electron chi connectivity index (χ0n) is 16.9. The second-order valence-electron chi connectivity index (χ2n) is 6.98. The maximum absolute atomic E-state index is 12.2. The highest BCUT2D eigenvalue weighted by Gasteiger charge is 2.10. The summed E-state index contributed by atoms with van der Waals surface area (Å²) in [5, 5.41) is 9.82. The lowest BCUT2D eigenvalue weighted by Crippen LogP contribution is -2.11. The van der Waals surface area contributed by atoms with E-state index in [1.807, 2.05) is 50.2 Å². The van der Waals surface area contributed by atoms with Crippen LogP contribution < -0.4 is 11.5 Å². The second kappa shape index (κ2) is 9.63. The summed E-state index contributed by atoms with van der Waals surface area (Å²) < 4.78 is 12.2. The molecule has 5 N–H and O–H groups in total. The van der Waals surface area contributed by atoms with Gasteiger partial charge in [-0.05, 0) is 35.7 Å². The van der Waals surface area contributed by atoms with Crippen molar-refractivity contribution in [1.29, 1.82) is 0 Å². The molecule has 2 unspecified atom stereocenters. The highest BCUT2D eigenvalue weighted by molar-refractivity contribution is 7.85. The Labute approximate surface area is 178 Å². The molecule has 30 heavy (non-hydrogen) atoms. The normalized spacial score (nSPS) is 12.8. The number of aliphatic hydroxyl groups excluding tert-OH is 1. The quantitative estimate of drug-likeness (QED) is 0.547. The lowest BCUT2D eigenvalue weighted by atomic mass is 10.1. The maximum Gasteiger partial charge on any atom is 0.158 e. The van der Waals surface area contributed by atoms with Gasteiger partial charge < -0.3 is 16.6 Å². The Morgan fingerprint density at radius 2 is 1.73 bits per heavy atom. The molecule has 0 amide bonds. The zero-order chi connectivity index (χ0) is 21.7. The van der Waals surface area contributed by atoms with Gasteiger partial charge in [0.1, 0.15) is 0 Å². The number of hydrogen-bond acceptors (Lipinski definition) is 6. The third-order valence-electron chi connectivity index (χ3n) is 4.46. The van der Waals surface area contributed by atoms with E-state index in [4.69, 9.17) is 11.5 Å². The SMILES string of the molecule is CC(C)S(=O)c1ccc(-c2cnc(N)c(C#Cc3ccc(C(O)CN)cc3)n2)cc1. The van der Waals surface area contributed by atoms with Crippen LogP contribution >= 0.6 is 0 Å². The van der Waals surface area contributed by atoms with Gasteiger partial charge in [0.15, 0.2) is 11.5 Å². The molecule has 154 valence electrons. The fourth-order valence-electron chi connectivity index (χ4n) is 2.72. The molecule has 2 atom stereocenters. The van der Waals surface area contributed by atoms with Gasteiger partial charge in [-0.1, -0.05) is 44.0 Å². The van der Waals surface area contributed by atoms with Crippen LogP contribution in [-0.2, 0) is 10.8 Å². The lowest BCUT2D eigenvalue weighted by molar-refractivity contribution is 0.187. The van der Waals surface area contributed by atoms with Crippen molar-refractivity contribution in [3.63, 3.8) is 0 Å². The van der Waals surface area contributed by atoms with Crippen LogP contribution in [0.15, 0.2) is 59.6 Å². The predicted molar refractivity (Wildman–Crippen MR) is 120 cm³/mol. The van der Waals surface area contributed by atoms with Crippen molar-refractivity contribution in [2.45, 2.75) is 30.1 Å². The fraction of sp³-hybridized carbons (Fsp3) is 0.217. The number of benzene rings is 2. The second-order valence-corrected chi connectivity index (χ2v) is 8.99. The minimum absolute atomic E-state index is 0.0571. The van der Waals surface area contributed by atoms with Gasteiger partial charge in [0, 0.05) is 27.8 Å². The van der Waals surface area contributed by atoms with Gasteiger partial charge in [-0.15, -0.1) is 0 Å². The summed E-state index contributed by atoms with van der Waals surface area (Å²) in [6.07, 6.45) is 0.910. The van der Waals surface area contributed by atoms with E-state index in [9.17, 15) is 9.32 Å². The Hall–Kier alpha value is -3.05. The predicted octanol–water partition coefficient (Wildman–Crippen LogP) is 2.63. The first-order valence-corrected chi connectivity index (χ1v) is 10.7. The van der Waals surface area contributed by atoms with Crippen molar-refractivity contribution in [2.24, 2.45) is 5.73 Å². The molecule has 0 bridgehead atoms. The summed E-state index contributed by atoms with van der Waals surface area (Å²) in [5.41, 5.74) is 14.8. The molecule has 0 spiro atoms. The van der Waals surface area contributed by atoms with E-state index in [0.717, 1.165) is 21.6 Å². The molecule has 1 heterocycles. The van der Waals surface area contributed by atoms with Crippen molar-refractivity contribution in [2.75, 3.05) is 12.3 Å². The molecule has 3 rings (SSSR count). The van der Waals surface area contributed by atoms with Gasteiger partial charge in [0.25, 0.3) is 0 Å². The van der Waals surface area contributed by atoms with E-state index < -0.39 is 16.9 Å². The van der Waals surface area contributed by atoms with Crippen molar-refractivity contribution < 1.29 is 9.32 Å². The number of rotatable bonds is 5. The standard InChI is InChI=1S/C23H24N4O2S/c1-15(2)30(29)19-10-8-17(9-11-19)21-14-26-23(25)20(27-21)12-5-16-3-6-18(7-4-16)22(28)13-24/h3-4,6-11,14-15,22,28H,13,24H2,1-2H3,(H2,25,26). The Kier molecular flexibility index (Phi) is 6.95. The number of nitrogens with two attached hydrogens (primary N) is 2. The van der Waals surface area contributed by atoms with Crippen molar-refractivity contribution in [3.05, 3.63) is 71.5 Å². The Morgan fingerprint density at radius 1 is 1.07 bits per heavy atom. The summed E-state index contributed by atoms with van der Waals surface area (Å²) in [6.45, 7) is 4.01. The summed E-state index contributed by atoms with van der Waals surface area (Å²) in [5.74, 6) is 6.23. The largest absolute Gasteiger partial charge is 0.387 e. The van der Waals surface area contributed by atoms with Gasteiger partial charge in [-0.25, -0.2) is 9.97 Å². The molecule has 0 fully saturated rings. The van der Waals surface area contributed by atoms with E-state index in [2.05, 4.69) is 21.8 Å². The monoisotopic (exact) mass is 420 g/mol. The Balaban J connectivity index is 1.84. The number of hydrogen-bond donors (Lipinski definition) is 3. The average molecular weight is 421 g/mol. The molecule has 6 nitrogen and oxygen atoms in total. The van der Waals surface area contributed by atoms with Crippen LogP contribution in [0.3, 0.4) is 0 Å². The number of aliphatic hydroxyl groups is 1. The van der Waals surface area contributed by atoms with E-state index in [-0.39, 0.29) is 17.6 Å². The summed E-state index contributed by atoms with van der Waals surface area (Å²) in [4.78, 5) is 9.52. The highest BCUT2D eigenvalue weighted by Crippen LogP contribution is 2.21. The average Bonchev–Trinajstić information content (AvgIpc) is 2.78. The molecule has 0 radical (unpaired) electrons. The van der Waals surface area contributed by atoms with Crippen molar-refractivity contribution in [3.8, 4) is 23.1 Å². The molecule has 2 aromatic carbocycles. The first-order valence-electron chi connectivity index (χ1n) is 9.52. The van der Waals surface area contributed by atoms with Crippen LogP contribution in [-0.4, -0.2) is 31.1 Å². The minimum Gasteiger partial charge on any atom is -0.387 e. The smallest absolute Gasteiger partial charge is 0.158 e. The third-order valence-corrected chi connectivity index (χ3v) is 6.05. The maximum atomic E-state index is 12.2. The Morgan fingerprint density at radius 3 is 2.33 bits per heavy atom. The molecular weight excluding hydrogens is 396 g/mol. The third kappa shape index (κ3) is 5.10. The minimum atomic E-state index is -1.04. The van der Waals surface area contributed by atoms with Crippen LogP contribution in [0.5, 0.6) is 0 Å². The van der Waals surface area contributed by atoms with Gasteiger partial charge in [-0.2, -0.15) is 0 Å². The van der Waals surface area contributed by atoms with E-state index >= 15 is 0 Å². The van der Waals surface area contributed by atoms with Crippen molar-refractivity contribution in [1.82, 2.24) is 9.97 Å². The molecule has 0 aliphatic heterocycles. The Bertz CT molecular complexity index is 1100. The molecule has 3 aromatic rings. The zero-order valence-corrected chi connectivity index (χ0v) is 17.7. The number of anilines is 1. The molecule has 0 aliphatic carbocycles. The number of nitrogen functional groups attached to an aromatic ring is 1. The number of nitrogens with zero attached hydrogens (tertiary/aromatic N) is 2. The molecule has 1 aromatic heterocycles. The molecule has 7 heteroatoms. The van der Waals surface area contributed by atoms with Crippen LogP contribution in [0, 0.1) is 11.8 Å². The molecule has 0 aliphatic rings. The highest BCUT2D eigenvalue weighted by atomic mass is 32.2. The van der Waals surface area contributed by atoms with Gasteiger partial charge in [0.2, 0.25) is 0 Å². The summed E-state index contributed by atoms with van der Waals surface area (Å²) in [6, 6.07) is 14.6. The number of aromatic nitrogens is 2. The summed E-state index contributed by atoms with van der Waals surface area (Å²) in [7, 11) is -1.04. The molecule has 0 saturated carbocycles. The van der Waals surface area contributed by atoms with Crippen LogP contribution in [0.1, 0.15) is 36.8 Å². The molecular formula is C23H24N4O2S. The van der Waals surface area contributed by atoms with Crippen LogP contribution in [0.4, 0.5) is 5.82 Å². The summed E-state index contributed by atoms with van der Waals surface area (Å²) >= 11 is 0. The van der Waals surface area contributed by atoms with Crippen molar-refractivity contribution >= 4 is 16.6 Å². The van der Waals surface area contributed by atoms with Gasteiger partial charge in [-0.3, -0.25) is 4.21 Å². The first kappa shape index (κ1) is 21.7. The molecule has 0 saturated heterocycles. The lowest BCUT2D eigenvalue weighted by Gasteiger charge is -2.07. The van der Waals surface area contributed by atoms with Gasteiger partial charge in [0.05, 0.1) is 28.8 Å².